The van der Waals surface area contributed by atoms with Gasteiger partial charge in [-0.05, 0) is 29.7 Å². The summed E-state index contributed by atoms with van der Waals surface area (Å²) in [5.74, 6) is 0.820. The molecule has 1 N–H and O–H groups in total. The van der Waals surface area contributed by atoms with Gasteiger partial charge in [-0.3, -0.25) is 4.98 Å². The Balaban J connectivity index is 1.86. The van der Waals surface area contributed by atoms with E-state index in [1.807, 2.05) is 42.5 Å². The Bertz CT molecular complexity index is 1150. The summed E-state index contributed by atoms with van der Waals surface area (Å²) in [4.78, 5) is 4.27. The Morgan fingerprint density at radius 1 is 1.10 bits per heavy atom. The molecule has 0 amide bonds. The van der Waals surface area contributed by atoms with Crippen LogP contribution in [0.25, 0.3) is 0 Å². The summed E-state index contributed by atoms with van der Waals surface area (Å²) in [7, 11) is 3.16. The van der Waals surface area contributed by atoms with Crippen LogP contribution in [0.5, 0.6) is 11.5 Å². The summed E-state index contributed by atoms with van der Waals surface area (Å²) in [6.07, 6.45) is 5.45. The maximum atomic E-state index is 12.6. The molecular weight excluding hydrogens is 458 g/mol. The van der Waals surface area contributed by atoms with Crippen molar-refractivity contribution in [2.45, 2.75) is 23.5 Å². The summed E-state index contributed by atoms with van der Waals surface area (Å²) in [5, 5.41) is 12.6. The topological polar surface area (TPSA) is 60.8 Å². The predicted molar refractivity (Wildman–Crippen MR) is 120 cm³/mol. The van der Waals surface area contributed by atoms with E-state index in [0.29, 0.717) is 23.5 Å². The van der Waals surface area contributed by atoms with Gasteiger partial charge in [-0.15, -0.1) is 0 Å². The second kappa shape index (κ2) is 7.39. The monoisotopic (exact) mass is 479 g/mol. The Kier molecular flexibility index (Phi) is 4.79. The van der Waals surface area contributed by atoms with Crippen molar-refractivity contribution in [3.8, 4) is 11.5 Å². The van der Waals surface area contributed by atoms with Crippen molar-refractivity contribution in [1.82, 2.24) is 4.98 Å². The number of hydrogen-bond donors (Lipinski definition) is 1. The third-order valence-corrected chi connectivity index (χ3v) is 6.91. The largest absolute Gasteiger partial charge is 0.504 e. The summed E-state index contributed by atoms with van der Waals surface area (Å²) in [6.45, 7) is 0. The van der Waals surface area contributed by atoms with E-state index in [2.05, 4.69) is 33.0 Å². The first kappa shape index (κ1) is 20.1. The number of nitrogens with zero attached hydrogens (tertiary/aromatic N) is 1. The number of hydrogen-bond acceptors (Lipinski definition) is 5. The first-order valence-electron chi connectivity index (χ1n) is 10.0. The number of halogens is 1. The first-order chi connectivity index (χ1) is 15.1. The molecule has 3 unspecified atom stereocenters. The van der Waals surface area contributed by atoms with Crippen molar-refractivity contribution >= 4 is 15.9 Å². The molecule has 158 valence electrons. The summed E-state index contributed by atoms with van der Waals surface area (Å²) < 4.78 is 18.7. The van der Waals surface area contributed by atoms with Crippen LogP contribution in [0.3, 0.4) is 0 Å². The Morgan fingerprint density at radius 2 is 1.84 bits per heavy atom. The lowest BCUT2D eigenvalue weighted by Gasteiger charge is -2.40. The van der Waals surface area contributed by atoms with Crippen molar-refractivity contribution in [3.63, 3.8) is 0 Å². The molecule has 5 rings (SSSR count). The second-order valence-corrected chi connectivity index (χ2v) is 8.73. The van der Waals surface area contributed by atoms with Crippen LogP contribution in [0.1, 0.15) is 29.0 Å². The average Bonchev–Trinajstić information content (AvgIpc) is 3.21. The van der Waals surface area contributed by atoms with Gasteiger partial charge in [-0.2, -0.15) is 0 Å². The third kappa shape index (κ3) is 2.68. The van der Waals surface area contributed by atoms with E-state index in [9.17, 15) is 5.11 Å². The van der Waals surface area contributed by atoms with Gasteiger partial charge in [0.05, 0.1) is 38.4 Å². The molecule has 6 heteroatoms. The van der Waals surface area contributed by atoms with Crippen LogP contribution in [-0.4, -0.2) is 24.3 Å². The maximum absolute atomic E-state index is 12.6. The molecule has 0 spiro atoms. The van der Waals surface area contributed by atoms with Gasteiger partial charge in [0.25, 0.3) is 0 Å². The number of aromatic nitrogens is 1. The lowest BCUT2D eigenvalue weighted by molar-refractivity contribution is -0.0885. The third-order valence-electron chi connectivity index (χ3n) is 6.38. The number of pyridine rings is 1. The smallest absolute Gasteiger partial charge is 0.178 e. The van der Waals surface area contributed by atoms with E-state index < -0.39 is 11.2 Å². The SMILES string of the molecule is COC=C1CC(c2ccccc2)C2(c3ccc(Br)cc3)Oc3cncc(OC)c3C12O. The number of rotatable bonds is 4. The highest BCUT2D eigenvalue weighted by Gasteiger charge is 2.72. The van der Waals surface area contributed by atoms with Crippen molar-refractivity contribution < 1.29 is 19.3 Å². The number of fused-ring (bicyclic) bond motifs is 3. The molecule has 2 heterocycles. The first-order valence-corrected chi connectivity index (χ1v) is 10.8. The molecule has 2 aromatic carbocycles. The van der Waals surface area contributed by atoms with Gasteiger partial charge in [-0.25, -0.2) is 0 Å². The molecule has 3 atom stereocenters. The molecular formula is C25H22BrNO4. The van der Waals surface area contributed by atoms with Crippen LogP contribution in [0.2, 0.25) is 0 Å². The van der Waals surface area contributed by atoms with Crippen LogP contribution < -0.4 is 9.47 Å². The van der Waals surface area contributed by atoms with E-state index in [1.54, 1.807) is 32.9 Å². The normalized spacial score (nSPS) is 27.5. The fourth-order valence-corrected chi connectivity index (χ4v) is 5.42. The van der Waals surface area contributed by atoms with Crippen LogP contribution >= 0.6 is 15.9 Å². The number of methoxy groups -OCH3 is 2. The van der Waals surface area contributed by atoms with Gasteiger partial charge in [0.1, 0.15) is 11.5 Å². The van der Waals surface area contributed by atoms with Crippen LogP contribution in [0.15, 0.2) is 83.3 Å². The highest BCUT2D eigenvalue weighted by Crippen LogP contribution is 2.69. The van der Waals surface area contributed by atoms with E-state index in [-0.39, 0.29) is 5.92 Å². The molecule has 1 fully saturated rings. The van der Waals surface area contributed by atoms with Crippen LogP contribution in [-0.2, 0) is 15.9 Å². The summed E-state index contributed by atoms with van der Waals surface area (Å²) in [6, 6.07) is 18.1. The lowest BCUT2D eigenvalue weighted by Crippen LogP contribution is -2.48. The maximum Gasteiger partial charge on any atom is 0.178 e. The van der Waals surface area contributed by atoms with Crippen LogP contribution in [0, 0.1) is 0 Å². The van der Waals surface area contributed by atoms with Crippen molar-refractivity contribution in [2.75, 3.05) is 14.2 Å². The Hall–Kier alpha value is -2.83. The van der Waals surface area contributed by atoms with E-state index in [0.717, 1.165) is 21.2 Å². The molecule has 5 nitrogen and oxygen atoms in total. The minimum absolute atomic E-state index is 0.168. The quantitative estimate of drug-likeness (QED) is 0.530. The lowest BCUT2D eigenvalue weighted by atomic mass is 9.71. The molecule has 3 aromatic rings. The fraction of sp³-hybridized carbons (Fsp3) is 0.240. The van der Waals surface area contributed by atoms with Gasteiger partial charge in [0.2, 0.25) is 0 Å². The fourth-order valence-electron chi connectivity index (χ4n) is 5.16. The van der Waals surface area contributed by atoms with Gasteiger partial charge in [0.15, 0.2) is 11.2 Å². The second-order valence-electron chi connectivity index (χ2n) is 7.82. The molecule has 0 radical (unpaired) electrons. The summed E-state index contributed by atoms with van der Waals surface area (Å²) >= 11 is 3.52. The zero-order chi connectivity index (χ0) is 21.6. The highest BCUT2D eigenvalue weighted by atomic mass is 79.9. The van der Waals surface area contributed by atoms with Crippen molar-refractivity contribution in [3.05, 3.63) is 100.0 Å². The van der Waals surface area contributed by atoms with E-state index in [4.69, 9.17) is 14.2 Å². The number of aliphatic hydroxyl groups is 1. The van der Waals surface area contributed by atoms with Gasteiger partial charge >= 0.3 is 0 Å². The molecule has 0 saturated heterocycles. The molecule has 2 aliphatic rings. The molecule has 31 heavy (non-hydrogen) atoms. The zero-order valence-electron chi connectivity index (χ0n) is 17.2. The molecule has 1 aromatic heterocycles. The molecule has 1 saturated carbocycles. The molecule has 1 aliphatic heterocycles. The minimum atomic E-state index is -1.50. The predicted octanol–water partition coefficient (Wildman–Crippen LogP) is 5.05. The van der Waals surface area contributed by atoms with Gasteiger partial charge < -0.3 is 19.3 Å². The highest BCUT2D eigenvalue weighted by molar-refractivity contribution is 9.10. The van der Waals surface area contributed by atoms with Crippen molar-refractivity contribution in [2.24, 2.45) is 0 Å². The average molecular weight is 480 g/mol. The van der Waals surface area contributed by atoms with E-state index >= 15 is 0 Å². The summed E-state index contributed by atoms with van der Waals surface area (Å²) in [5.41, 5.74) is 0.636. The molecule has 1 aliphatic carbocycles. The zero-order valence-corrected chi connectivity index (χ0v) is 18.8. The Labute approximate surface area is 189 Å². The van der Waals surface area contributed by atoms with Crippen molar-refractivity contribution in [1.29, 1.82) is 0 Å². The van der Waals surface area contributed by atoms with Gasteiger partial charge in [-0.1, -0.05) is 58.4 Å². The number of benzene rings is 2. The van der Waals surface area contributed by atoms with Gasteiger partial charge in [0, 0.05) is 16.0 Å². The standard InChI is InChI=1S/C25H22BrNO4/c1-29-15-18-12-20(16-6-4-3-5-7-16)25(17-8-10-19(26)11-9-17)24(18,28)23-21(30-2)13-27-14-22(23)31-25/h3-11,13-15,20,28H,12H2,1-2H3. The van der Waals surface area contributed by atoms with Crippen LogP contribution in [0.4, 0.5) is 0 Å². The van der Waals surface area contributed by atoms with E-state index in [1.165, 1.54) is 0 Å². The Morgan fingerprint density at radius 3 is 2.52 bits per heavy atom. The molecule has 0 bridgehead atoms. The minimum Gasteiger partial charge on any atom is -0.504 e. The number of ether oxygens (including phenoxy) is 3.